The fourth-order valence-corrected chi connectivity index (χ4v) is 2.88. The van der Waals surface area contributed by atoms with Gasteiger partial charge in [-0.1, -0.05) is 30.3 Å². The Labute approximate surface area is 140 Å². The first-order valence-corrected chi connectivity index (χ1v) is 7.88. The van der Waals surface area contributed by atoms with Gasteiger partial charge in [-0.15, -0.1) is 0 Å². The van der Waals surface area contributed by atoms with Crippen molar-refractivity contribution in [3.05, 3.63) is 59.2 Å². The Morgan fingerprint density at radius 2 is 1.92 bits per heavy atom. The Kier molecular flexibility index (Phi) is 4.25. The van der Waals surface area contributed by atoms with E-state index in [-0.39, 0.29) is 17.2 Å². The lowest BCUT2D eigenvalue weighted by atomic mass is 10.1. The molecule has 3 rings (SSSR count). The van der Waals surface area contributed by atoms with Crippen LogP contribution in [0.5, 0.6) is 5.75 Å². The van der Waals surface area contributed by atoms with Crippen LogP contribution in [0.2, 0.25) is 0 Å². The zero-order valence-electron chi connectivity index (χ0n) is 13.7. The first-order valence-electron chi connectivity index (χ1n) is 7.88. The zero-order valence-corrected chi connectivity index (χ0v) is 13.7. The highest BCUT2D eigenvalue weighted by molar-refractivity contribution is 6.01. The van der Waals surface area contributed by atoms with Gasteiger partial charge < -0.3 is 14.7 Å². The van der Waals surface area contributed by atoms with Gasteiger partial charge in [0.05, 0.1) is 0 Å². The molecule has 1 N–H and O–H groups in total. The van der Waals surface area contributed by atoms with Crippen LogP contribution in [0.15, 0.2) is 42.5 Å². The van der Waals surface area contributed by atoms with Crippen molar-refractivity contribution in [1.29, 1.82) is 0 Å². The van der Waals surface area contributed by atoms with E-state index in [0.29, 0.717) is 12.1 Å². The van der Waals surface area contributed by atoms with Crippen molar-refractivity contribution in [1.82, 2.24) is 0 Å². The molecule has 1 aliphatic heterocycles. The number of phenols is 1. The number of hydrogen-bond donors (Lipinski definition) is 1. The number of esters is 1. The summed E-state index contributed by atoms with van der Waals surface area (Å²) in [7, 11) is 0. The van der Waals surface area contributed by atoms with E-state index >= 15 is 0 Å². The maximum Gasteiger partial charge on any atom is 0.342 e. The molecule has 5 heteroatoms. The second kappa shape index (κ2) is 6.35. The number of aromatic hydroxyl groups is 1. The summed E-state index contributed by atoms with van der Waals surface area (Å²) in [6.07, 6.45) is -0.134. The van der Waals surface area contributed by atoms with Crippen LogP contribution >= 0.6 is 0 Å². The molecular weight excluding hydrogens is 306 g/mol. The Bertz CT molecular complexity index is 800. The van der Waals surface area contributed by atoms with Crippen molar-refractivity contribution in [2.75, 3.05) is 11.4 Å². The highest BCUT2D eigenvalue weighted by atomic mass is 16.5. The molecule has 2 aromatic rings. The molecule has 1 atom stereocenters. The molecule has 0 saturated heterocycles. The van der Waals surface area contributed by atoms with Gasteiger partial charge in [0.25, 0.3) is 5.91 Å². The van der Waals surface area contributed by atoms with Crippen molar-refractivity contribution < 1.29 is 19.4 Å². The van der Waals surface area contributed by atoms with Crippen molar-refractivity contribution in [3.8, 4) is 5.75 Å². The number of ether oxygens (including phenoxy) is 1. The number of hydrogen-bond acceptors (Lipinski definition) is 4. The fourth-order valence-electron chi connectivity index (χ4n) is 2.88. The maximum absolute atomic E-state index is 12.6. The summed E-state index contributed by atoms with van der Waals surface area (Å²) in [5, 5.41) is 9.96. The summed E-state index contributed by atoms with van der Waals surface area (Å²) in [6, 6.07) is 12.5. The molecule has 1 amide bonds. The SMILES string of the molecule is Cc1cccc(C(=O)OC(C)C(=O)N2CCc3ccccc32)c1O. The summed E-state index contributed by atoms with van der Waals surface area (Å²) >= 11 is 0. The molecule has 2 aromatic carbocycles. The zero-order chi connectivity index (χ0) is 17.3. The first kappa shape index (κ1) is 16.1. The number of carbonyl (C=O) groups excluding carboxylic acids is 2. The number of anilines is 1. The van der Waals surface area contributed by atoms with Gasteiger partial charge >= 0.3 is 5.97 Å². The fraction of sp³-hybridized carbons (Fsp3) is 0.263. The maximum atomic E-state index is 12.6. The number of aryl methyl sites for hydroxylation is 1. The lowest BCUT2D eigenvalue weighted by Gasteiger charge is -2.22. The monoisotopic (exact) mass is 325 g/mol. The van der Waals surface area contributed by atoms with E-state index in [2.05, 4.69) is 0 Å². The molecule has 124 valence electrons. The van der Waals surface area contributed by atoms with E-state index in [1.165, 1.54) is 6.07 Å². The van der Waals surface area contributed by atoms with Crippen LogP contribution in [0, 0.1) is 6.92 Å². The molecule has 0 bridgehead atoms. The van der Waals surface area contributed by atoms with Crippen molar-refractivity contribution >= 4 is 17.6 Å². The minimum atomic E-state index is -0.927. The minimum absolute atomic E-state index is 0.0662. The molecule has 5 nitrogen and oxygen atoms in total. The lowest BCUT2D eigenvalue weighted by molar-refractivity contribution is -0.126. The number of para-hydroxylation sites is 2. The predicted octanol–water partition coefficient (Wildman–Crippen LogP) is 2.84. The number of carbonyl (C=O) groups is 2. The summed E-state index contributed by atoms with van der Waals surface area (Å²) in [4.78, 5) is 26.5. The van der Waals surface area contributed by atoms with Gasteiger partial charge in [-0.05, 0) is 43.5 Å². The molecule has 0 spiro atoms. The molecule has 0 fully saturated rings. The quantitative estimate of drug-likeness (QED) is 0.881. The van der Waals surface area contributed by atoms with Crippen LogP contribution in [0.4, 0.5) is 5.69 Å². The number of amides is 1. The van der Waals surface area contributed by atoms with Crippen LogP contribution in [0.3, 0.4) is 0 Å². The molecule has 0 saturated carbocycles. The van der Waals surface area contributed by atoms with E-state index in [4.69, 9.17) is 4.74 Å². The summed E-state index contributed by atoms with van der Waals surface area (Å²) in [5.41, 5.74) is 2.62. The molecule has 0 radical (unpaired) electrons. The molecule has 1 heterocycles. The van der Waals surface area contributed by atoms with Gasteiger partial charge in [0.15, 0.2) is 6.10 Å². The second-order valence-corrected chi connectivity index (χ2v) is 5.89. The van der Waals surface area contributed by atoms with Crippen LogP contribution in [-0.2, 0) is 16.0 Å². The largest absolute Gasteiger partial charge is 0.507 e. The molecule has 0 aliphatic carbocycles. The van der Waals surface area contributed by atoms with Gasteiger partial charge in [0, 0.05) is 12.2 Å². The van der Waals surface area contributed by atoms with Gasteiger partial charge in [-0.3, -0.25) is 4.79 Å². The lowest BCUT2D eigenvalue weighted by Crippen LogP contribution is -2.39. The Morgan fingerprint density at radius 1 is 1.17 bits per heavy atom. The molecule has 1 unspecified atom stereocenters. The third kappa shape index (κ3) is 2.85. The Morgan fingerprint density at radius 3 is 2.71 bits per heavy atom. The van der Waals surface area contributed by atoms with Crippen molar-refractivity contribution in [2.24, 2.45) is 0 Å². The Hall–Kier alpha value is -2.82. The van der Waals surface area contributed by atoms with Crippen LogP contribution in [0.1, 0.15) is 28.4 Å². The molecule has 0 aromatic heterocycles. The van der Waals surface area contributed by atoms with Crippen LogP contribution in [-0.4, -0.2) is 29.6 Å². The van der Waals surface area contributed by atoms with Gasteiger partial charge in [-0.25, -0.2) is 4.79 Å². The average Bonchev–Trinajstić information content (AvgIpc) is 3.00. The summed E-state index contributed by atoms with van der Waals surface area (Å²) < 4.78 is 5.27. The van der Waals surface area contributed by atoms with Crippen LogP contribution < -0.4 is 4.90 Å². The smallest absolute Gasteiger partial charge is 0.342 e. The molecule has 1 aliphatic rings. The van der Waals surface area contributed by atoms with Gasteiger partial charge in [-0.2, -0.15) is 0 Å². The van der Waals surface area contributed by atoms with E-state index in [1.807, 2.05) is 24.3 Å². The summed E-state index contributed by atoms with van der Waals surface area (Å²) in [5.74, 6) is -1.08. The van der Waals surface area contributed by atoms with Gasteiger partial charge in [0.2, 0.25) is 0 Å². The van der Waals surface area contributed by atoms with Gasteiger partial charge in [0.1, 0.15) is 11.3 Å². The van der Waals surface area contributed by atoms with Crippen molar-refractivity contribution in [2.45, 2.75) is 26.4 Å². The topological polar surface area (TPSA) is 66.8 Å². The summed E-state index contributed by atoms with van der Waals surface area (Å²) in [6.45, 7) is 3.83. The van der Waals surface area contributed by atoms with E-state index in [9.17, 15) is 14.7 Å². The standard InChI is InChI=1S/C19H19NO4/c1-12-6-5-8-15(17(12)21)19(23)24-13(2)18(22)20-11-10-14-7-3-4-9-16(14)20/h3-9,13,21H,10-11H2,1-2H3. The van der Waals surface area contributed by atoms with E-state index in [0.717, 1.165) is 17.7 Å². The number of rotatable bonds is 3. The Balaban J connectivity index is 1.73. The predicted molar refractivity (Wildman–Crippen MR) is 90.2 cm³/mol. The first-order chi connectivity index (χ1) is 11.5. The normalized spacial score (nSPS) is 14.2. The third-order valence-corrected chi connectivity index (χ3v) is 4.24. The van der Waals surface area contributed by atoms with Crippen LogP contribution in [0.25, 0.3) is 0 Å². The number of nitrogens with zero attached hydrogens (tertiary/aromatic N) is 1. The van der Waals surface area contributed by atoms with Crippen molar-refractivity contribution in [3.63, 3.8) is 0 Å². The molecular formula is C19H19NO4. The third-order valence-electron chi connectivity index (χ3n) is 4.24. The average molecular weight is 325 g/mol. The molecule has 24 heavy (non-hydrogen) atoms. The second-order valence-electron chi connectivity index (χ2n) is 5.89. The van der Waals surface area contributed by atoms with E-state index < -0.39 is 12.1 Å². The number of benzene rings is 2. The highest BCUT2D eigenvalue weighted by Gasteiger charge is 2.30. The number of fused-ring (bicyclic) bond motifs is 1. The van der Waals surface area contributed by atoms with E-state index in [1.54, 1.807) is 30.9 Å². The highest BCUT2D eigenvalue weighted by Crippen LogP contribution is 2.28. The number of phenolic OH excluding ortho intramolecular Hbond substituents is 1. The minimum Gasteiger partial charge on any atom is -0.507 e.